The summed E-state index contributed by atoms with van der Waals surface area (Å²) in [5, 5.41) is 6.59. The van der Waals surface area contributed by atoms with Gasteiger partial charge in [-0.1, -0.05) is 32.8 Å². The van der Waals surface area contributed by atoms with Crippen molar-refractivity contribution in [2.24, 2.45) is 5.92 Å². The van der Waals surface area contributed by atoms with Crippen molar-refractivity contribution in [1.82, 2.24) is 0 Å². The van der Waals surface area contributed by atoms with Gasteiger partial charge in [0.15, 0.2) is 0 Å². The van der Waals surface area contributed by atoms with Gasteiger partial charge in [0.25, 0.3) is 0 Å². The molecular formula is C17H26N2O. The van der Waals surface area contributed by atoms with Crippen LogP contribution in [-0.2, 0) is 4.79 Å². The fourth-order valence-electron chi connectivity index (χ4n) is 2.89. The second-order valence-corrected chi connectivity index (χ2v) is 6.04. The first kappa shape index (κ1) is 14.9. The quantitative estimate of drug-likeness (QED) is 0.857. The zero-order chi connectivity index (χ0) is 14.5. The van der Waals surface area contributed by atoms with Gasteiger partial charge in [0.1, 0.15) is 0 Å². The van der Waals surface area contributed by atoms with Gasteiger partial charge in [0.2, 0.25) is 5.91 Å². The van der Waals surface area contributed by atoms with Crippen LogP contribution >= 0.6 is 0 Å². The van der Waals surface area contributed by atoms with Crippen LogP contribution in [0.25, 0.3) is 0 Å². The number of hydrogen-bond acceptors (Lipinski definition) is 2. The van der Waals surface area contributed by atoms with E-state index in [4.69, 9.17) is 0 Å². The molecule has 0 saturated heterocycles. The minimum absolute atomic E-state index is 0.0612. The average Bonchev–Trinajstić information content (AvgIpc) is 2.42. The predicted octanol–water partition coefficient (Wildman–Crippen LogP) is 4.33. The maximum absolute atomic E-state index is 11.5. The van der Waals surface area contributed by atoms with Gasteiger partial charge in [0, 0.05) is 23.8 Å². The highest BCUT2D eigenvalue weighted by Gasteiger charge is 2.19. The number of aryl methyl sites for hydroxylation is 1. The third-order valence-corrected chi connectivity index (χ3v) is 4.14. The maximum Gasteiger partial charge on any atom is 0.224 e. The Morgan fingerprint density at radius 1 is 1.35 bits per heavy atom. The van der Waals surface area contributed by atoms with Gasteiger partial charge >= 0.3 is 0 Å². The lowest BCUT2D eigenvalue weighted by Crippen LogP contribution is -2.26. The van der Waals surface area contributed by atoms with Crippen LogP contribution in [0.4, 0.5) is 11.4 Å². The van der Waals surface area contributed by atoms with Gasteiger partial charge in [-0.05, 0) is 43.4 Å². The molecular weight excluding hydrogens is 248 g/mol. The largest absolute Gasteiger partial charge is 0.382 e. The van der Waals surface area contributed by atoms with Crippen LogP contribution in [0.3, 0.4) is 0 Å². The molecule has 3 nitrogen and oxygen atoms in total. The molecule has 0 heterocycles. The fraction of sp³-hybridized carbons (Fsp3) is 0.588. The van der Waals surface area contributed by atoms with Gasteiger partial charge in [-0.2, -0.15) is 0 Å². The molecule has 0 spiro atoms. The topological polar surface area (TPSA) is 41.1 Å². The minimum atomic E-state index is 0.0612. The van der Waals surface area contributed by atoms with Crippen LogP contribution in [0, 0.1) is 12.8 Å². The van der Waals surface area contributed by atoms with Crippen molar-refractivity contribution in [1.29, 1.82) is 0 Å². The highest BCUT2D eigenvalue weighted by molar-refractivity contribution is 5.91. The van der Waals surface area contributed by atoms with Crippen LogP contribution in [0.15, 0.2) is 18.2 Å². The number of amides is 1. The van der Waals surface area contributed by atoms with Crippen molar-refractivity contribution in [3.63, 3.8) is 0 Å². The van der Waals surface area contributed by atoms with Crippen LogP contribution < -0.4 is 10.6 Å². The van der Waals surface area contributed by atoms with E-state index in [0.29, 0.717) is 12.5 Å². The molecule has 0 bridgehead atoms. The maximum atomic E-state index is 11.5. The molecule has 2 N–H and O–H groups in total. The molecule has 2 rings (SSSR count). The molecule has 2 unspecified atom stereocenters. The van der Waals surface area contributed by atoms with E-state index in [9.17, 15) is 4.79 Å². The van der Waals surface area contributed by atoms with Crippen molar-refractivity contribution < 1.29 is 4.79 Å². The summed E-state index contributed by atoms with van der Waals surface area (Å²) >= 11 is 0. The molecule has 0 aromatic heterocycles. The van der Waals surface area contributed by atoms with E-state index in [1.807, 2.05) is 13.0 Å². The summed E-state index contributed by atoms with van der Waals surface area (Å²) in [4.78, 5) is 11.5. The normalized spacial score (nSPS) is 22.4. The number of carbonyl (C=O) groups excluding carboxylic acids is 1. The summed E-state index contributed by atoms with van der Waals surface area (Å²) in [6.45, 7) is 6.31. The van der Waals surface area contributed by atoms with Crippen LogP contribution in [-0.4, -0.2) is 11.9 Å². The highest BCUT2D eigenvalue weighted by atomic mass is 16.1. The second kappa shape index (κ2) is 6.78. The summed E-state index contributed by atoms with van der Waals surface area (Å²) < 4.78 is 0. The number of rotatable bonds is 4. The number of nitrogens with one attached hydrogen (secondary N) is 2. The Morgan fingerprint density at radius 2 is 2.15 bits per heavy atom. The van der Waals surface area contributed by atoms with Gasteiger partial charge in [-0.25, -0.2) is 0 Å². The van der Waals surface area contributed by atoms with E-state index in [2.05, 4.69) is 36.6 Å². The van der Waals surface area contributed by atoms with Crippen molar-refractivity contribution in [3.8, 4) is 0 Å². The molecule has 0 radical (unpaired) electrons. The predicted molar refractivity (Wildman–Crippen MR) is 85.1 cm³/mol. The van der Waals surface area contributed by atoms with Gasteiger partial charge in [-0.15, -0.1) is 0 Å². The lowest BCUT2D eigenvalue weighted by Gasteiger charge is -2.29. The summed E-state index contributed by atoms with van der Waals surface area (Å²) in [5.41, 5.74) is 3.27. The van der Waals surface area contributed by atoms with E-state index >= 15 is 0 Å². The van der Waals surface area contributed by atoms with E-state index < -0.39 is 0 Å². The lowest BCUT2D eigenvalue weighted by molar-refractivity contribution is -0.115. The Labute approximate surface area is 122 Å². The zero-order valence-electron chi connectivity index (χ0n) is 12.8. The molecule has 1 fully saturated rings. The molecule has 0 aliphatic heterocycles. The molecule has 110 valence electrons. The molecule has 1 aromatic rings. The van der Waals surface area contributed by atoms with Gasteiger partial charge in [0.05, 0.1) is 0 Å². The molecule has 1 aromatic carbocycles. The number of hydrogen-bond donors (Lipinski definition) is 2. The smallest absolute Gasteiger partial charge is 0.224 e. The Bertz CT molecular complexity index is 470. The van der Waals surface area contributed by atoms with Gasteiger partial charge < -0.3 is 10.6 Å². The molecule has 1 aliphatic rings. The first-order valence-corrected chi connectivity index (χ1v) is 7.75. The van der Waals surface area contributed by atoms with Gasteiger partial charge in [-0.3, -0.25) is 4.79 Å². The Hall–Kier alpha value is -1.51. The lowest BCUT2D eigenvalue weighted by atomic mass is 9.87. The summed E-state index contributed by atoms with van der Waals surface area (Å²) in [6.07, 6.45) is 5.66. The molecule has 1 aliphatic carbocycles. The van der Waals surface area contributed by atoms with Crippen molar-refractivity contribution in [3.05, 3.63) is 23.8 Å². The van der Waals surface area contributed by atoms with Crippen molar-refractivity contribution in [2.45, 2.75) is 58.9 Å². The first-order chi connectivity index (χ1) is 9.58. The summed E-state index contributed by atoms with van der Waals surface area (Å²) in [5.74, 6) is 0.871. The van der Waals surface area contributed by atoms with E-state index in [0.717, 1.165) is 17.3 Å². The average molecular weight is 274 g/mol. The van der Waals surface area contributed by atoms with Crippen LogP contribution in [0.1, 0.15) is 51.5 Å². The van der Waals surface area contributed by atoms with E-state index in [1.54, 1.807) is 0 Å². The third-order valence-electron chi connectivity index (χ3n) is 4.14. The third kappa shape index (κ3) is 3.99. The second-order valence-electron chi connectivity index (χ2n) is 6.04. The molecule has 1 amide bonds. The summed E-state index contributed by atoms with van der Waals surface area (Å²) in [7, 11) is 0. The standard InChI is InChI=1S/C17H26N2O/c1-4-17(20)19-15-9-8-13(3)16(11-15)18-14-7-5-6-12(2)10-14/h8-9,11-12,14,18H,4-7,10H2,1-3H3,(H,19,20). The van der Waals surface area contributed by atoms with Crippen LogP contribution in [0.2, 0.25) is 0 Å². The zero-order valence-corrected chi connectivity index (χ0v) is 12.8. The molecule has 2 atom stereocenters. The summed E-state index contributed by atoms with van der Waals surface area (Å²) in [6, 6.07) is 6.66. The van der Waals surface area contributed by atoms with E-state index in [1.165, 1.54) is 31.2 Å². The molecule has 1 saturated carbocycles. The fourth-order valence-corrected chi connectivity index (χ4v) is 2.89. The minimum Gasteiger partial charge on any atom is -0.382 e. The molecule has 3 heteroatoms. The highest BCUT2D eigenvalue weighted by Crippen LogP contribution is 2.28. The number of carbonyl (C=O) groups is 1. The van der Waals surface area contributed by atoms with Crippen molar-refractivity contribution in [2.75, 3.05) is 10.6 Å². The van der Waals surface area contributed by atoms with Crippen LogP contribution in [0.5, 0.6) is 0 Å². The first-order valence-electron chi connectivity index (χ1n) is 7.75. The SMILES string of the molecule is CCC(=O)Nc1ccc(C)c(NC2CCCC(C)C2)c1. The Balaban J connectivity index is 2.06. The monoisotopic (exact) mass is 274 g/mol. The Kier molecular flexibility index (Phi) is 5.05. The Morgan fingerprint density at radius 3 is 2.85 bits per heavy atom. The molecule has 20 heavy (non-hydrogen) atoms. The van der Waals surface area contributed by atoms with E-state index in [-0.39, 0.29) is 5.91 Å². The number of benzene rings is 1. The number of anilines is 2. The van der Waals surface area contributed by atoms with Crippen molar-refractivity contribution >= 4 is 17.3 Å².